The Morgan fingerprint density at radius 3 is 2.50 bits per heavy atom. The van der Waals surface area contributed by atoms with Crippen molar-refractivity contribution in [2.45, 2.75) is 26.9 Å². The molecule has 0 spiro atoms. The van der Waals surface area contributed by atoms with Gasteiger partial charge in [0, 0.05) is 10.9 Å². The standard InChI is InChI=1S/C20H20O4/c1-13-8-18-16(12-23-19(18)9-14(13)2)10-20(21)24-11-15-4-6-17(22-3)7-5-15/h4-9,12H,10-11H2,1-3H3. The summed E-state index contributed by atoms with van der Waals surface area (Å²) >= 11 is 0. The van der Waals surface area contributed by atoms with Crippen LogP contribution in [0.4, 0.5) is 0 Å². The first-order chi connectivity index (χ1) is 11.6. The van der Waals surface area contributed by atoms with E-state index in [1.807, 2.05) is 44.2 Å². The normalized spacial score (nSPS) is 10.8. The van der Waals surface area contributed by atoms with Crippen molar-refractivity contribution < 1.29 is 18.7 Å². The Morgan fingerprint density at radius 1 is 1.08 bits per heavy atom. The lowest BCUT2D eigenvalue weighted by atomic mass is 10.0. The Morgan fingerprint density at radius 2 is 1.79 bits per heavy atom. The fourth-order valence-electron chi connectivity index (χ4n) is 2.57. The maximum atomic E-state index is 12.1. The lowest BCUT2D eigenvalue weighted by Gasteiger charge is -2.06. The van der Waals surface area contributed by atoms with Gasteiger partial charge in [0.15, 0.2) is 0 Å². The van der Waals surface area contributed by atoms with Crippen LogP contribution in [0.3, 0.4) is 0 Å². The Kier molecular flexibility index (Phi) is 4.56. The van der Waals surface area contributed by atoms with Crippen LogP contribution in [0, 0.1) is 13.8 Å². The third-order valence-corrected chi connectivity index (χ3v) is 4.16. The maximum Gasteiger partial charge on any atom is 0.310 e. The van der Waals surface area contributed by atoms with Crippen LogP contribution >= 0.6 is 0 Å². The molecule has 0 fully saturated rings. The van der Waals surface area contributed by atoms with Gasteiger partial charge < -0.3 is 13.9 Å². The first-order valence-corrected chi connectivity index (χ1v) is 7.82. The van der Waals surface area contributed by atoms with Gasteiger partial charge in [-0.3, -0.25) is 4.79 Å². The average molecular weight is 324 g/mol. The van der Waals surface area contributed by atoms with E-state index in [1.54, 1.807) is 13.4 Å². The molecule has 0 aliphatic carbocycles. The first-order valence-electron chi connectivity index (χ1n) is 7.82. The van der Waals surface area contributed by atoms with Gasteiger partial charge in [-0.05, 0) is 54.8 Å². The summed E-state index contributed by atoms with van der Waals surface area (Å²) in [7, 11) is 1.62. The van der Waals surface area contributed by atoms with Crippen molar-refractivity contribution in [3.05, 3.63) is 64.9 Å². The number of rotatable bonds is 5. The zero-order chi connectivity index (χ0) is 17.1. The summed E-state index contributed by atoms with van der Waals surface area (Å²) in [4.78, 5) is 12.1. The molecule has 24 heavy (non-hydrogen) atoms. The molecule has 1 aromatic heterocycles. The number of furan rings is 1. The van der Waals surface area contributed by atoms with Crippen LogP contribution in [0.25, 0.3) is 11.0 Å². The summed E-state index contributed by atoms with van der Waals surface area (Å²) in [5, 5.41) is 0.972. The van der Waals surface area contributed by atoms with Crippen LogP contribution in [-0.4, -0.2) is 13.1 Å². The monoisotopic (exact) mass is 324 g/mol. The molecule has 0 amide bonds. The van der Waals surface area contributed by atoms with Crippen LogP contribution in [0.1, 0.15) is 22.3 Å². The second-order valence-electron chi connectivity index (χ2n) is 5.88. The highest BCUT2D eigenvalue weighted by molar-refractivity contribution is 5.86. The summed E-state index contributed by atoms with van der Waals surface area (Å²) in [5.74, 6) is 0.507. The van der Waals surface area contributed by atoms with E-state index in [9.17, 15) is 4.79 Å². The second kappa shape index (κ2) is 6.79. The number of fused-ring (bicyclic) bond motifs is 1. The number of benzene rings is 2. The topological polar surface area (TPSA) is 48.7 Å². The quantitative estimate of drug-likeness (QED) is 0.655. The van der Waals surface area contributed by atoms with Crippen LogP contribution in [-0.2, 0) is 22.6 Å². The predicted octanol–water partition coefficient (Wildman–Crippen LogP) is 4.34. The molecule has 124 valence electrons. The highest BCUT2D eigenvalue weighted by Gasteiger charge is 2.12. The molecule has 0 N–H and O–H groups in total. The maximum absolute atomic E-state index is 12.1. The van der Waals surface area contributed by atoms with Gasteiger partial charge in [0.2, 0.25) is 0 Å². The minimum absolute atomic E-state index is 0.200. The van der Waals surface area contributed by atoms with Crippen LogP contribution in [0.2, 0.25) is 0 Å². The Hall–Kier alpha value is -2.75. The van der Waals surface area contributed by atoms with E-state index in [2.05, 4.69) is 6.07 Å². The molecule has 0 saturated heterocycles. The molecule has 3 aromatic rings. The zero-order valence-electron chi connectivity index (χ0n) is 14.1. The zero-order valence-corrected chi connectivity index (χ0v) is 14.1. The molecule has 1 heterocycles. The largest absolute Gasteiger partial charge is 0.497 e. The molecule has 0 saturated carbocycles. The Labute approximate surface area is 141 Å². The summed E-state index contributed by atoms with van der Waals surface area (Å²) < 4.78 is 16.0. The lowest BCUT2D eigenvalue weighted by molar-refractivity contribution is -0.144. The number of hydrogen-bond acceptors (Lipinski definition) is 4. The van der Waals surface area contributed by atoms with Crippen molar-refractivity contribution in [2.75, 3.05) is 7.11 Å². The van der Waals surface area contributed by atoms with E-state index < -0.39 is 0 Å². The summed E-state index contributed by atoms with van der Waals surface area (Å²) in [6.45, 7) is 4.34. The van der Waals surface area contributed by atoms with Gasteiger partial charge in [-0.2, -0.15) is 0 Å². The summed E-state index contributed by atoms with van der Waals surface area (Å²) in [6.07, 6.45) is 1.84. The molecule has 0 radical (unpaired) electrons. The van der Waals surface area contributed by atoms with Gasteiger partial charge in [-0.15, -0.1) is 0 Å². The van der Waals surface area contributed by atoms with E-state index in [4.69, 9.17) is 13.9 Å². The molecular weight excluding hydrogens is 304 g/mol. The SMILES string of the molecule is COc1ccc(COC(=O)Cc2coc3cc(C)c(C)cc23)cc1. The molecule has 3 rings (SSSR count). The van der Waals surface area contributed by atoms with E-state index in [1.165, 1.54) is 11.1 Å². The fraction of sp³-hybridized carbons (Fsp3) is 0.250. The highest BCUT2D eigenvalue weighted by atomic mass is 16.5. The summed E-state index contributed by atoms with van der Waals surface area (Å²) in [6, 6.07) is 11.5. The van der Waals surface area contributed by atoms with Crippen LogP contribution in [0.15, 0.2) is 47.1 Å². The summed E-state index contributed by atoms with van der Waals surface area (Å²) in [5.41, 5.74) is 4.93. The smallest absolute Gasteiger partial charge is 0.310 e. The molecule has 0 atom stereocenters. The number of hydrogen-bond donors (Lipinski definition) is 0. The van der Waals surface area contributed by atoms with Gasteiger partial charge in [0.05, 0.1) is 19.8 Å². The van der Waals surface area contributed by atoms with Crippen molar-refractivity contribution in [1.82, 2.24) is 0 Å². The molecule has 0 aliphatic heterocycles. The molecule has 0 aliphatic rings. The van der Waals surface area contributed by atoms with Crippen molar-refractivity contribution in [3.63, 3.8) is 0 Å². The van der Waals surface area contributed by atoms with Crippen molar-refractivity contribution in [3.8, 4) is 5.75 Å². The van der Waals surface area contributed by atoms with Crippen LogP contribution in [0.5, 0.6) is 5.75 Å². The van der Waals surface area contributed by atoms with Crippen molar-refractivity contribution in [2.24, 2.45) is 0 Å². The molecule has 0 unspecified atom stereocenters. The van der Waals surface area contributed by atoms with Crippen molar-refractivity contribution in [1.29, 1.82) is 0 Å². The fourth-order valence-corrected chi connectivity index (χ4v) is 2.57. The molecule has 4 nitrogen and oxygen atoms in total. The van der Waals surface area contributed by atoms with E-state index >= 15 is 0 Å². The number of ether oxygens (including phenoxy) is 2. The molecule has 4 heteroatoms. The van der Waals surface area contributed by atoms with E-state index in [0.717, 1.165) is 27.8 Å². The van der Waals surface area contributed by atoms with Crippen molar-refractivity contribution >= 4 is 16.9 Å². The number of esters is 1. The molecular formula is C20H20O4. The third kappa shape index (κ3) is 3.43. The molecule has 0 bridgehead atoms. The predicted molar refractivity (Wildman–Crippen MR) is 92.2 cm³/mol. The minimum atomic E-state index is -0.272. The highest BCUT2D eigenvalue weighted by Crippen LogP contribution is 2.25. The van der Waals surface area contributed by atoms with Crippen LogP contribution < -0.4 is 4.74 Å². The van der Waals surface area contributed by atoms with Gasteiger partial charge in [-0.25, -0.2) is 0 Å². The number of methoxy groups -OCH3 is 1. The van der Waals surface area contributed by atoms with E-state index in [-0.39, 0.29) is 19.0 Å². The lowest BCUT2D eigenvalue weighted by Crippen LogP contribution is -2.07. The first kappa shape index (κ1) is 16.1. The Balaban J connectivity index is 1.65. The minimum Gasteiger partial charge on any atom is -0.497 e. The average Bonchev–Trinajstić information content (AvgIpc) is 2.95. The third-order valence-electron chi connectivity index (χ3n) is 4.16. The number of carbonyl (C=O) groups excluding carboxylic acids is 1. The number of carbonyl (C=O) groups is 1. The number of aryl methyl sites for hydroxylation is 2. The van der Waals surface area contributed by atoms with Gasteiger partial charge >= 0.3 is 5.97 Å². The van der Waals surface area contributed by atoms with Gasteiger partial charge in [0.25, 0.3) is 0 Å². The molecule has 2 aromatic carbocycles. The van der Waals surface area contributed by atoms with E-state index in [0.29, 0.717) is 0 Å². The second-order valence-corrected chi connectivity index (χ2v) is 5.88. The Bertz CT molecular complexity index is 859. The van der Waals surface area contributed by atoms with Gasteiger partial charge in [0.1, 0.15) is 17.9 Å². The van der Waals surface area contributed by atoms with Gasteiger partial charge in [-0.1, -0.05) is 12.1 Å².